The Balaban J connectivity index is 2.26. The molecule has 3 heteroatoms. The van der Waals surface area contributed by atoms with Gasteiger partial charge in [-0.15, -0.1) is 0 Å². The van der Waals surface area contributed by atoms with Crippen LogP contribution < -0.4 is 0 Å². The first-order valence-electron chi connectivity index (χ1n) is 5.31. The molecule has 0 aliphatic heterocycles. The van der Waals surface area contributed by atoms with E-state index in [1.165, 1.54) is 6.08 Å². The minimum Gasteiger partial charge on any atom is -0.361 e. The Labute approximate surface area is 97.8 Å². The number of hydrogen-bond donors (Lipinski definition) is 1. The third kappa shape index (κ3) is 1.44. The predicted octanol–water partition coefficient (Wildman–Crippen LogP) is 2.21. The smallest absolute Gasteiger partial charge is 0.233 e. The molecule has 0 saturated carbocycles. The fourth-order valence-electron chi connectivity index (χ4n) is 2.04. The van der Waals surface area contributed by atoms with Gasteiger partial charge < -0.3 is 4.98 Å². The number of allylic oxidation sites excluding steroid dienone is 1. The molecule has 0 fully saturated rings. The maximum atomic E-state index is 11.7. The molecule has 1 aliphatic rings. The summed E-state index contributed by atoms with van der Waals surface area (Å²) >= 11 is 0. The first kappa shape index (κ1) is 9.78. The summed E-state index contributed by atoms with van der Waals surface area (Å²) in [4.78, 5) is 26.4. The highest BCUT2D eigenvalue weighted by Crippen LogP contribution is 2.29. The average molecular weight is 223 g/mol. The molecule has 1 aliphatic carbocycles. The van der Waals surface area contributed by atoms with Crippen LogP contribution in [0.15, 0.2) is 48.7 Å². The zero-order valence-electron chi connectivity index (χ0n) is 8.94. The molecular weight excluding hydrogens is 214 g/mol. The Morgan fingerprint density at radius 3 is 2.35 bits per heavy atom. The highest BCUT2D eigenvalue weighted by atomic mass is 16.2. The molecule has 0 amide bonds. The lowest BCUT2D eigenvalue weighted by atomic mass is 9.88. The van der Waals surface area contributed by atoms with Gasteiger partial charge in [-0.2, -0.15) is 0 Å². The van der Waals surface area contributed by atoms with E-state index in [0.717, 1.165) is 16.8 Å². The number of hydrogen-bond acceptors (Lipinski definition) is 2. The van der Waals surface area contributed by atoms with E-state index in [1.54, 1.807) is 18.3 Å². The molecule has 1 N–H and O–H groups in total. The standard InChI is InChI=1S/C14H9NO2/c16-13-8-11(12-6-3-7-15-12)9-4-1-2-5-10(9)14(13)17/h1-8,15H. The number of aromatic amines is 1. The maximum Gasteiger partial charge on any atom is 0.233 e. The molecule has 1 aromatic heterocycles. The fraction of sp³-hybridized carbons (Fsp3) is 0. The lowest BCUT2D eigenvalue weighted by molar-refractivity contribution is -0.111. The molecule has 17 heavy (non-hydrogen) atoms. The number of rotatable bonds is 1. The zero-order chi connectivity index (χ0) is 11.8. The predicted molar refractivity (Wildman–Crippen MR) is 63.7 cm³/mol. The van der Waals surface area contributed by atoms with Gasteiger partial charge in [0.05, 0.1) is 0 Å². The molecule has 0 radical (unpaired) electrons. The Kier molecular flexibility index (Phi) is 2.05. The molecule has 0 spiro atoms. The number of carbonyl (C=O) groups is 2. The number of benzene rings is 1. The Morgan fingerprint density at radius 2 is 1.65 bits per heavy atom. The highest BCUT2D eigenvalue weighted by molar-refractivity contribution is 6.50. The van der Waals surface area contributed by atoms with E-state index in [9.17, 15) is 9.59 Å². The van der Waals surface area contributed by atoms with Gasteiger partial charge in [-0.3, -0.25) is 9.59 Å². The van der Waals surface area contributed by atoms with Gasteiger partial charge in [-0.25, -0.2) is 0 Å². The fourth-order valence-corrected chi connectivity index (χ4v) is 2.04. The number of nitrogens with one attached hydrogen (secondary N) is 1. The summed E-state index contributed by atoms with van der Waals surface area (Å²) in [5.41, 5.74) is 2.90. The number of Topliss-reactive ketones (excluding diaryl/α,β-unsaturated/α-hetero) is 1. The van der Waals surface area contributed by atoms with Crippen LogP contribution in [-0.2, 0) is 4.79 Å². The third-order valence-corrected chi connectivity index (χ3v) is 2.85. The van der Waals surface area contributed by atoms with Gasteiger partial charge in [-0.1, -0.05) is 24.3 Å². The molecule has 1 aromatic carbocycles. The molecule has 2 aromatic rings. The van der Waals surface area contributed by atoms with Gasteiger partial charge in [0.15, 0.2) is 0 Å². The van der Waals surface area contributed by atoms with Crippen molar-refractivity contribution in [1.82, 2.24) is 4.98 Å². The SMILES string of the molecule is O=C1C=C(c2ccc[nH]2)c2ccccc2C1=O. The lowest BCUT2D eigenvalue weighted by Crippen LogP contribution is -2.18. The summed E-state index contributed by atoms with van der Waals surface area (Å²) in [5, 5.41) is 0. The third-order valence-electron chi connectivity index (χ3n) is 2.85. The molecule has 1 heterocycles. The van der Waals surface area contributed by atoms with Crippen molar-refractivity contribution < 1.29 is 9.59 Å². The van der Waals surface area contributed by atoms with Gasteiger partial charge in [0.2, 0.25) is 11.6 Å². The molecule has 3 nitrogen and oxygen atoms in total. The molecule has 82 valence electrons. The van der Waals surface area contributed by atoms with E-state index in [-0.39, 0.29) is 0 Å². The van der Waals surface area contributed by atoms with Crippen LogP contribution in [-0.4, -0.2) is 16.6 Å². The van der Waals surface area contributed by atoms with Crippen molar-refractivity contribution in [2.45, 2.75) is 0 Å². The quantitative estimate of drug-likeness (QED) is 0.753. The van der Waals surface area contributed by atoms with E-state index in [1.807, 2.05) is 24.3 Å². The van der Waals surface area contributed by atoms with Crippen LogP contribution >= 0.6 is 0 Å². The van der Waals surface area contributed by atoms with Crippen LogP contribution in [0.3, 0.4) is 0 Å². The summed E-state index contributed by atoms with van der Waals surface area (Å²) < 4.78 is 0. The van der Waals surface area contributed by atoms with E-state index in [2.05, 4.69) is 4.98 Å². The molecule has 0 saturated heterocycles. The summed E-state index contributed by atoms with van der Waals surface area (Å²) in [6.07, 6.45) is 3.19. The summed E-state index contributed by atoms with van der Waals surface area (Å²) in [6.45, 7) is 0. The van der Waals surface area contributed by atoms with Crippen molar-refractivity contribution >= 4 is 17.1 Å². The Morgan fingerprint density at radius 1 is 0.882 bits per heavy atom. The van der Waals surface area contributed by atoms with Crippen molar-refractivity contribution in [3.05, 3.63) is 65.5 Å². The number of aromatic nitrogens is 1. The lowest BCUT2D eigenvalue weighted by Gasteiger charge is -2.14. The summed E-state index contributed by atoms with van der Waals surface area (Å²) in [7, 11) is 0. The van der Waals surface area contributed by atoms with Gasteiger partial charge in [0.1, 0.15) is 0 Å². The van der Waals surface area contributed by atoms with Gasteiger partial charge in [0.25, 0.3) is 0 Å². The topological polar surface area (TPSA) is 49.9 Å². The van der Waals surface area contributed by atoms with E-state index < -0.39 is 11.6 Å². The van der Waals surface area contributed by atoms with E-state index in [4.69, 9.17) is 0 Å². The van der Waals surface area contributed by atoms with E-state index >= 15 is 0 Å². The van der Waals surface area contributed by atoms with Crippen molar-refractivity contribution in [3.8, 4) is 0 Å². The van der Waals surface area contributed by atoms with Crippen molar-refractivity contribution in [1.29, 1.82) is 0 Å². The van der Waals surface area contributed by atoms with Gasteiger partial charge in [0, 0.05) is 23.0 Å². The molecule has 0 unspecified atom stereocenters. The molecule has 0 bridgehead atoms. The second-order valence-corrected chi connectivity index (χ2v) is 3.88. The Bertz CT molecular complexity index is 636. The van der Waals surface area contributed by atoms with Crippen molar-refractivity contribution in [2.75, 3.05) is 0 Å². The second-order valence-electron chi connectivity index (χ2n) is 3.88. The number of ketones is 2. The van der Waals surface area contributed by atoms with E-state index in [0.29, 0.717) is 5.56 Å². The van der Waals surface area contributed by atoms with Crippen LogP contribution in [0.4, 0.5) is 0 Å². The van der Waals surface area contributed by atoms with Gasteiger partial charge in [-0.05, 0) is 23.8 Å². The summed E-state index contributed by atoms with van der Waals surface area (Å²) in [6, 6.07) is 10.9. The number of H-pyrrole nitrogens is 1. The van der Waals surface area contributed by atoms with Crippen molar-refractivity contribution in [3.63, 3.8) is 0 Å². The maximum absolute atomic E-state index is 11.7. The Hall–Kier alpha value is -2.42. The van der Waals surface area contributed by atoms with Crippen molar-refractivity contribution in [2.24, 2.45) is 0 Å². The van der Waals surface area contributed by atoms with Crippen LogP contribution in [0.2, 0.25) is 0 Å². The van der Waals surface area contributed by atoms with Crippen LogP contribution in [0.25, 0.3) is 5.57 Å². The number of carbonyl (C=O) groups excluding carboxylic acids is 2. The van der Waals surface area contributed by atoms with Crippen LogP contribution in [0, 0.1) is 0 Å². The normalized spacial score (nSPS) is 14.5. The van der Waals surface area contributed by atoms with Crippen LogP contribution in [0.1, 0.15) is 21.6 Å². The minimum atomic E-state index is -0.465. The summed E-state index contributed by atoms with van der Waals surface area (Å²) in [5.74, 6) is -0.899. The molecular formula is C14H9NO2. The minimum absolute atomic E-state index is 0.434. The molecule has 0 atom stereocenters. The largest absolute Gasteiger partial charge is 0.361 e. The first-order chi connectivity index (χ1) is 8.27. The average Bonchev–Trinajstić information content (AvgIpc) is 2.87. The monoisotopic (exact) mass is 223 g/mol. The molecule has 3 rings (SSSR count). The second kappa shape index (κ2) is 3.56. The zero-order valence-corrected chi connectivity index (χ0v) is 8.94. The van der Waals surface area contributed by atoms with Crippen LogP contribution in [0.5, 0.6) is 0 Å². The number of fused-ring (bicyclic) bond motifs is 1. The van der Waals surface area contributed by atoms with Gasteiger partial charge >= 0.3 is 0 Å². The highest BCUT2D eigenvalue weighted by Gasteiger charge is 2.25. The first-order valence-corrected chi connectivity index (χ1v) is 5.31.